The normalized spacial score (nSPS) is 12.2. The van der Waals surface area contributed by atoms with E-state index >= 15 is 0 Å². The molecule has 1 aromatic carbocycles. The Morgan fingerprint density at radius 1 is 1.27 bits per heavy atom. The van der Waals surface area contributed by atoms with Crippen molar-refractivity contribution in [3.63, 3.8) is 0 Å². The lowest BCUT2D eigenvalue weighted by atomic mass is 10.1. The number of rotatable bonds is 2. The van der Waals surface area contributed by atoms with Crippen molar-refractivity contribution >= 4 is 16.6 Å². The second kappa shape index (κ2) is 3.28. The van der Waals surface area contributed by atoms with E-state index in [-0.39, 0.29) is 5.54 Å². The molecular weight excluding hydrogens is 186 g/mol. The summed E-state index contributed by atoms with van der Waals surface area (Å²) in [6.07, 6.45) is 2.05. The molecule has 0 fully saturated rings. The zero-order valence-electron chi connectivity index (χ0n) is 9.20. The van der Waals surface area contributed by atoms with Gasteiger partial charge in [0.2, 0.25) is 0 Å². The van der Waals surface area contributed by atoms with Crippen molar-refractivity contribution < 1.29 is 0 Å². The Kier molecular flexibility index (Phi) is 2.20. The second-order valence-electron chi connectivity index (χ2n) is 4.48. The molecule has 0 radical (unpaired) electrons. The van der Waals surface area contributed by atoms with Gasteiger partial charge in [0.1, 0.15) is 0 Å². The summed E-state index contributed by atoms with van der Waals surface area (Å²) in [6, 6.07) is 8.01. The first-order chi connectivity index (χ1) is 7.06. The van der Waals surface area contributed by atoms with Crippen LogP contribution in [0.4, 0.5) is 5.69 Å². The molecule has 0 saturated heterocycles. The summed E-state index contributed by atoms with van der Waals surface area (Å²) in [7, 11) is 0. The van der Waals surface area contributed by atoms with Crippen molar-refractivity contribution in [1.82, 2.24) is 4.57 Å². The van der Waals surface area contributed by atoms with E-state index in [4.69, 9.17) is 11.5 Å². The topological polar surface area (TPSA) is 57.0 Å². The second-order valence-corrected chi connectivity index (χ2v) is 4.48. The molecule has 80 valence electrons. The van der Waals surface area contributed by atoms with Gasteiger partial charge in [-0.15, -0.1) is 0 Å². The van der Waals surface area contributed by atoms with E-state index in [1.54, 1.807) is 0 Å². The summed E-state index contributed by atoms with van der Waals surface area (Å²) in [5, 5.41) is 1.10. The third-order valence-corrected chi connectivity index (χ3v) is 2.92. The summed E-state index contributed by atoms with van der Waals surface area (Å²) in [6.45, 7) is 4.84. The number of aromatic nitrogens is 1. The monoisotopic (exact) mass is 203 g/mol. The molecule has 0 aliphatic rings. The lowest BCUT2D eigenvalue weighted by Crippen LogP contribution is -2.34. The van der Waals surface area contributed by atoms with Crippen molar-refractivity contribution in [2.24, 2.45) is 5.73 Å². The maximum Gasteiger partial charge on any atom is 0.0511 e. The predicted molar refractivity (Wildman–Crippen MR) is 64.7 cm³/mol. The van der Waals surface area contributed by atoms with Crippen LogP contribution >= 0.6 is 0 Å². The molecule has 4 N–H and O–H groups in total. The van der Waals surface area contributed by atoms with Crippen molar-refractivity contribution in [3.8, 4) is 0 Å². The maximum atomic E-state index is 5.91. The van der Waals surface area contributed by atoms with Crippen LogP contribution in [0.3, 0.4) is 0 Å². The first kappa shape index (κ1) is 10.1. The lowest BCUT2D eigenvalue weighted by Gasteiger charge is -2.26. The number of anilines is 1. The highest BCUT2D eigenvalue weighted by molar-refractivity contribution is 5.91. The summed E-state index contributed by atoms with van der Waals surface area (Å²) in [4.78, 5) is 0. The molecule has 0 atom stereocenters. The van der Waals surface area contributed by atoms with Gasteiger partial charge < -0.3 is 16.0 Å². The molecule has 2 rings (SSSR count). The molecule has 0 amide bonds. The van der Waals surface area contributed by atoms with Crippen molar-refractivity contribution in [2.75, 3.05) is 12.3 Å². The van der Waals surface area contributed by atoms with Crippen LogP contribution in [0, 0.1) is 0 Å². The Labute approximate surface area is 89.7 Å². The molecule has 1 heterocycles. The highest BCUT2D eigenvalue weighted by Gasteiger charge is 2.19. The number of nitrogens with two attached hydrogens (primary N) is 2. The van der Waals surface area contributed by atoms with E-state index in [0.29, 0.717) is 6.54 Å². The molecule has 0 aliphatic carbocycles. The minimum absolute atomic E-state index is 0.0739. The predicted octanol–water partition coefficient (Wildman–Crippen LogP) is 1.92. The summed E-state index contributed by atoms with van der Waals surface area (Å²) < 4.78 is 2.18. The molecule has 0 unspecified atom stereocenters. The Hall–Kier alpha value is -1.48. The standard InChI is InChI=1S/C12H17N3/c1-12(2,8-13)15-7-6-9-10(14)4-3-5-11(9)15/h3-7H,8,13-14H2,1-2H3. The zero-order chi connectivity index (χ0) is 11.1. The van der Waals surface area contributed by atoms with E-state index in [0.717, 1.165) is 16.6 Å². The molecule has 1 aromatic heterocycles. The van der Waals surface area contributed by atoms with Gasteiger partial charge in [0.25, 0.3) is 0 Å². The van der Waals surface area contributed by atoms with Crippen LogP contribution in [-0.2, 0) is 5.54 Å². The fourth-order valence-electron chi connectivity index (χ4n) is 1.82. The largest absolute Gasteiger partial charge is 0.398 e. The van der Waals surface area contributed by atoms with Crippen LogP contribution in [-0.4, -0.2) is 11.1 Å². The third kappa shape index (κ3) is 1.49. The van der Waals surface area contributed by atoms with Gasteiger partial charge in [-0.2, -0.15) is 0 Å². The van der Waals surface area contributed by atoms with Crippen molar-refractivity contribution in [1.29, 1.82) is 0 Å². The summed E-state index contributed by atoms with van der Waals surface area (Å²) >= 11 is 0. The summed E-state index contributed by atoms with van der Waals surface area (Å²) in [5.74, 6) is 0. The Balaban J connectivity index is 2.69. The van der Waals surface area contributed by atoms with Gasteiger partial charge in [0.05, 0.1) is 11.1 Å². The van der Waals surface area contributed by atoms with E-state index in [9.17, 15) is 0 Å². The molecule has 0 spiro atoms. The highest BCUT2D eigenvalue weighted by Crippen LogP contribution is 2.26. The van der Waals surface area contributed by atoms with Gasteiger partial charge in [0, 0.05) is 23.8 Å². The molecule has 15 heavy (non-hydrogen) atoms. The minimum atomic E-state index is -0.0739. The maximum absolute atomic E-state index is 5.91. The first-order valence-corrected chi connectivity index (χ1v) is 5.12. The molecule has 3 heteroatoms. The summed E-state index contributed by atoms with van der Waals surface area (Å²) in [5.41, 5.74) is 13.6. The molecule has 0 aliphatic heterocycles. The molecule has 2 aromatic rings. The fraction of sp³-hybridized carbons (Fsp3) is 0.333. The number of fused-ring (bicyclic) bond motifs is 1. The van der Waals surface area contributed by atoms with E-state index in [1.807, 2.05) is 24.4 Å². The zero-order valence-corrected chi connectivity index (χ0v) is 9.20. The van der Waals surface area contributed by atoms with Gasteiger partial charge in [-0.1, -0.05) is 6.07 Å². The Morgan fingerprint density at radius 2 is 2.00 bits per heavy atom. The first-order valence-electron chi connectivity index (χ1n) is 5.12. The van der Waals surface area contributed by atoms with E-state index in [1.165, 1.54) is 0 Å². The van der Waals surface area contributed by atoms with Gasteiger partial charge in [0.15, 0.2) is 0 Å². The molecule has 3 nitrogen and oxygen atoms in total. The van der Waals surface area contributed by atoms with Crippen LogP contribution < -0.4 is 11.5 Å². The smallest absolute Gasteiger partial charge is 0.0511 e. The Morgan fingerprint density at radius 3 is 2.67 bits per heavy atom. The van der Waals surface area contributed by atoms with Crippen LogP contribution in [0.2, 0.25) is 0 Å². The lowest BCUT2D eigenvalue weighted by molar-refractivity contribution is 0.379. The number of nitrogens with zero attached hydrogens (tertiary/aromatic N) is 1. The average Bonchev–Trinajstić information content (AvgIpc) is 2.63. The number of benzene rings is 1. The van der Waals surface area contributed by atoms with Crippen LogP contribution in [0.25, 0.3) is 10.9 Å². The van der Waals surface area contributed by atoms with Gasteiger partial charge >= 0.3 is 0 Å². The van der Waals surface area contributed by atoms with Gasteiger partial charge in [-0.25, -0.2) is 0 Å². The number of hydrogen-bond donors (Lipinski definition) is 2. The van der Waals surface area contributed by atoms with Crippen LogP contribution in [0.1, 0.15) is 13.8 Å². The molecule has 0 bridgehead atoms. The quantitative estimate of drug-likeness (QED) is 0.733. The van der Waals surface area contributed by atoms with Crippen molar-refractivity contribution in [3.05, 3.63) is 30.5 Å². The SMILES string of the molecule is CC(C)(CN)n1ccc2c(N)cccc21. The minimum Gasteiger partial charge on any atom is -0.398 e. The van der Waals surface area contributed by atoms with Gasteiger partial charge in [-0.05, 0) is 32.0 Å². The average molecular weight is 203 g/mol. The van der Waals surface area contributed by atoms with E-state index in [2.05, 4.69) is 24.5 Å². The number of hydrogen-bond acceptors (Lipinski definition) is 2. The van der Waals surface area contributed by atoms with Crippen LogP contribution in [0.5, 0.6) is 0 Å². The van der Waals surface area contributed by atoms with Gasteiger partial charge in [-0.3, -0.25) is 0 Å². The Bertz CT molecular complexity index is 483. The van der Waals surface area contributed by atoms with Crippen molar-refractivity contribution in [2.45, 2.75) is 19.4 Å². The van der Waals surface area contributed by atoms with Crippen LogP contribution in [0.15, 0.2) is 30.5 Å². The number of nitrogen functional groups attached to an aromatic ring is 1. The third-order valence-electron chi connectivity index (χ3n) is 2.92. The highest BCUT2D eigenvalue weighted by atomic mass is 15.1. The molecule has 0 saturated carbocycles. The molecular formula is C12H17N3. The van der Waals surface area contributed by atoms with E-state index < -0.39 is 0 Å². The fourth-order valence-corrected chi connectivity index (χ4v) is 1.82.